The van der Waals surface area contributed by atoms with Gasteiger partial charge in [0.05, 0.1) is 12.3 Å². The summed E-state index contributed by atoms with van der Waals surface area (Å²) in [7, 11) is 1.18. The molecular weight excluding hydrogens is 150 g/mol. The number of methoxy groups -OCH3 is 1. The van der Waals surface area contributed by atoms with Crippen molar-refractivity contribution in [3.63, 3.8) is 0 Å². The number of rotatable bonds is 1. The van der Waals surface area contributed by atoms with E-state index in [1.165, 1.54) is 7.11 Å². The van der Waals surface area contributed by atoms with Crippen LogP contribution in [0.25, 0.3) is 5.53 Å². The molecule has 0 saturated carbocycles. The second-order valence-corrected chi connectivity index (χ2v) is 1.55. The molecule has 0 aromatic heterocycles. The third kappa shape index (κ3) is 1.17. The van der Waals surface area contributed by atoms with Crippen LogP contribution in [0, 0.1) is 0 Å². The van der Waals surface area contributed by atoms with Crippen LogP contribution >= 0.6 is 0 Å². The first-order chi connectivity index (χ1) is 5.29. The fourth-order valence-corrected chi connectivity index (χ4v) is 0.498. The zero-order valence-corrected chi connectivity index (χ0v) is 5.55. The Hall–Kier alpha value is -1.88. The summed E-state index contributed by atoms with van der Waals surface area (Å²) in [5.74, 6) is -0.973. The summed E-state index contributed by atoms with van der Waals surface area (Å²) in [6, 6.07) is 0. The van der Waals surface area contributed by atoms with Crippen molar-refractivity contribution in [1.82, 2.24) is 0 Å². The molecule has 0 N–H and O–H groups in total. The van der Waals surface area contributed by atoms with E-state index in [9.17, 15) is 4.79 Å². The van der Waals surface area contributed by atoms with Gasteiger partial charge in [-0.1, -0.05) is 5.10 Å². The van der Waals surface area contributed by atoms with Gasteiger partial charge in [0, 0.05) is 0 Å². The van der Waals surface area contributed by atoms with Crippen LogP contribution in [0.3, 0.4) is 0 Å². The molecule has 7 nitrogen and oxygen atoms in total. The van der Waals surface area contributed by atoms with Crippen molar-refractivity contribution in [3.05, 3.63) is 5.53 Å². The summed E-state index contributed by atoms with van der Waals surface area (Å²) in [5, 5.41) is 9.60. The molecule has 0 aliphatic carbocycles. The van der Waals surface area contributed by atoms with Gasteiger partial charge < -0.3 is 15.1 Å². The van der Waals surface area contributed by atoms with Crippen molar-refractivity contribution in [2.24, 2.45) is 15.4 Å². The number of hydrogen-bond donors (Lipinski definition) is 0. The number of carbonyl (C=O) groups is 1. The molecule has 1 aliphatic heterocycles. The molecule has 56 valence electrons. The van der Waals surface area contributed by atoms with Gasteiger partial charge >= 0.3 is 11.8 Å². The normalized spacial score (nSPS) is 14.3. The first kappa shape index (κ1) is 7.23. The minimum Gasteiger partial charge on any atom is -0.497 e. The van der Waals surface area contributed by atoms with Crippen LogP contribution in [-0.4, -0.2) is 29.4 Å². The monoisotopic (exact) mass is 153 g/mol. The molecule has 1 aliphatic rings. The molecule has 1 rings (SSSR count). The third-order valence-electron chi connectivity index (χ3n) is 0.969. The molecule has 0 atom stereocenters. The zero-order chi connectivity index (χ0) is 8.27. The second-order valence-electron chi connectivity index (χ2n) is 1.55. The molecular formula is C4H3N5O2. The summed E-state index contributed by atoms with van der Waals surface area (Å²) >= 11 is 0. The van der Waals surface area contributed by atoms with E-state index in [0.29, 0.717) is 0 Å². The van der Waals surface area contributed by atoms with Gasteiger partial charge in [0.1, 0.15) is 5.11 Å². The van der Waals surface area contributed by atoms with Crippen LogP contribution in [0.15, 0.2) is 15.4 Å². The summed E-state index contributed by atoms with van der Waals surface area (Å²) < 4.78 is 4.28. The van der Waals surface area contributed by atoms with Gasteiger partial charge in [-0.2, -0.15) is 0 Å². The first-order valence-corrected chi connectivity index (χ1v) is 2.59. The Morgan fingerprint density at radius 1 is 1.73 bits per heavy atom. The van der Waals surface area contributed by atoms with E-state index in [4.69, 9.17) is 5.53 Å². The number of amidine groups is 1. The van der Waals surface area contributed by atoms with Crippen LogP contribution in [0.5, 0.6) is 0 Å². The van der Waals surface area contributed by atoms with Crippen LogP contribution in [0.1, 0.15) is 0 Å². The van der Waals surface area contributed by atoms with Crippen LogP contribution in [0.2, 0.25) is 0 Å². The topological polar surface area (TPSA) is 99.8 Å². The van der Waals surface area contributed by atoms with Crippen molar-refractivity contribution in [2.75, 3.05) is 7.11 Å². The van der Waals surface area contributed by atoms with E-state index < -0.39 is 5.97 Å². The largest absolute Gasteiger partial charge is 0.497 e. The van der Waals surface area contributed by atoms with E-state index in [1.807, 2.05) is 0 Å². The van der Waals surface area contributed by atoms with Crippen molar-refractivity contribution < 1.29 is 14.3 Å². The maximum Gasteiger partial charge on any atom is 0.463 e. The molecule has 0 aromatic carbocycles. The summed E-state index contributed by atoms with van der Waals surface area (Å²) in [6.45, 7) is 0. The number of nitrogens with zero attached hydrogens (tertiary/aromatic N) is 5. The van der Waals surface area contributed by atoms with E-state index >= 15 is 0 Å². The highest BCUT2D eigenvalue weighted by molar-refractivity contribution is 6.64. The Morgan fingerprint density at radius 2 is 2.45 bits per heavy atom. The zero-order valence-electron chi connectivity index (χ0n) is 5.55. The second kappa shape index (κ2) is 2.80. The molecule has 0 saturated heterocycles. The van der Waals surface area contributed by atoms with Crippen molar-refractivity contribution >= 4 is 17.5 Å². The predicted molar refractivity (Wildman–Crippen MR) is 32.9 cm³/mol. The lowest BCUT2D eigenvalue weighted by molar-refractivity contribution is -0.132. The smallest absolute Gasteiger partial charge is 0.463 e. The Bertz CT molecular complexity index is 298. The molecule has 0 amide bonds. The molecule has 0 bridgehead atoms. The molecule has 0 spiro atoms. The highest BCUT2D eigenvalue weighted by Gasteiger charge is 2.32. The summed E-state index contributed by atoms with van der Waals surface area (Å²) in [5.41, 5.74) is 8.03. The molecule has 7 heteroatoms. The minimum absolute atomic E-state index is 0.199. The Labute approximate surface area is 61.0 Å². The van der Waals surface area contributed by atoms with E-state index in [1.54, 1.807) is 0 Å². The highest BCUT2D eigenvalue weighted by atomic mass is 16.5. The van der Waals surface area contributed by atoms with Gasteiger partial charge in [-0.3, -0.25) is 0 Å². The lowest BCUT2D eigenvalue weighted by atomic mass is 10.3. The summed E-state index contributed by atoms with van der Waals surface area (Å²) in [6.07, 6.45) is 0. The van der Waals surface area contributed by atoms with Gasteiger partial charge in [0.15, 0.2) is 0 Å². The minimum atomic E-state index is -0.734. The predicted octanol–water partition coefficient (Wildman–Crippen LogP) is -0.391. The van der Waals surface area contributed by atoms with Gasteiger partial charge in [0.25, 0.3) is 5.71 Å². The summed E-state index contributed by atoms with van der Waals surface area (Å²) in [4.78, 5) is 13.4. The maximum atomic E-state index is 10.7. The lowest BCUT2D eigenvalue weighted by Crippen LogP contribution is -2.22. The molecule has 0 radical (unpaired) electrons. The van der Waals surface area contributed by atoms with E-state index in [-0.39, 0.29) is 11.5 Å². The molecule has 11 heavy (non-hydrogen) atoms. The number of ether oxygens (including phenoxy) is 1. The Morgan fingerprint density at radius 3 is 3.00 bits per heavy atom. The van der Waals surface area contributed by atoms with Crippen molar-refractivity contribution in [2.45, 2.75) is 0 Å². The van der Waals surface area contributed by atoms with Gasteiger partial charge in [-0.25, -0.2) is 4.79 Å². The van der Waals surface area contributed by atoms with Crippen molar-refractivity contribution in [3.8, 4) is 0 Å². The SMILES string of the molecule is COC(=O)C1=NN=NC1=[N+]=[N-]. The van der Waals surface area contributed by atoms with Gasteiger partial charge in [-0.05, 0) is 0 Å². The fourth-order valence-electron chi connectivity index (χ4n) is 0.498. The van der Waals surface area contributed by atoms with Crippen LogP contribution < -0.4 is 0 Å². The van der Waals surface area contributed by atoms with Crippen LogP contribution in [0.4, 0.5) is 0 Å². The number of hydrogen-bond acceptors (Lipinski definition) is 4. The van der Waals surface area contributed by atoms with E-state index in [0.717, 1.165) is 0 Å². The molecule has 0 fully saturated rings. The average Bonchev–Trinajstić information content (AvgIpc) is 2.50. The average molecular weight is 153 g/mol. The molecule has 0 unspecified atom stereocenters. The standard InChI is InChI=1S/C4H3N5O2/c1-11-4(10)2-3(6-5)8-9-7-2/h1H3. The fraction of sp³-hybridized carbons (Fsp3) is 0.250. The number of esters is 1. The highest BCUT2D eigenvalue weighted by Crippen LogP contribution is 1.97. The van der Waals surface area contributed by atoms with Gasteiger partial charge in [0.2, 0.25) is 0 Å². The number of carbonyl (C=O) groups excluding carboxylic acids is 1. The first-order valence-electron chi connectivity index (χ1n) is 2.59. The quantitative estimate of drug-likeness (QED) is 0.291. The lowest BCUT2D eigenvalue weighted by Gasteiger charge is -1.88. The van der Waals surface area contributed by atoms with E-state index in [2.05, 4.69) is 25.0 Å². The molecule has 1 heterocycles. The Kier molecular flexibility index (Phi) is 1.84. The Balaban J connectivity index is 2.93. The van der Waals surface area contributed by atoms with Crippen LogP contribution in [-0.2, 0) is 9.53 Å². The maximum absolute atomic E-state index is 10.7. The van der Waals surface area contributed by atoms with Crippen molar-refractivity contribution in [1.29, 1.82) is 0 Å². The third-order valence-corrected chi connectivity index (χ3v) is 0.969. The van der Waals surface area contributed by atoms with Gasteiger partial charge in [-0.15, -0.1) is 0 Å². The molecule has 0 aromatic rings.